The standard InChI is InChI=1S/C25H24ClN3O2/c1-25(15-23(30)29(2)24(27)28-25)20-10-6-9-18(13-20)19-11-12-22(21(26)14-19)31-16-17-7-4-3-5-8-17/h3-14H,15-16H2,1-2H3,(H2,27,28). The Morgan fingerprint density at radius 1 is 1.06 bits per heavy atom. The molecule has 1 atom stereocenters. The smallest absolute Gasteiger partial charge is 0.231 e. The van der Waals surface area contributed by atoms with E-state index in [1.807, 2.05) is 79.7 Å². The molecule has 3 aromatic rings. The van der Waals surface area contributed by atoms with Gasteiger partial charge < -0.3 is 10.5 Å². The summed E-state index contributed by atoms with van der Waals surface area (Å²) in [6, 6.07) is 23.7. The van der Waals surface area contributed by atoms with Crippen LogP contribution in [-0.4, -0.2) is 23.8 Å². The summed E-state index contributed by atoms with van der Waals surface area (Å²) in [6.45, 7) is 2.38. The molecule has 1 heterocycles. The molecule has 0 radical (unpaired) electrons. The van der Waals surface area contributed by atoms with Crippen LogP contribution in [-0.2, 0) is 16.9 Å². The minimum atomic E-state index is -0.702. The lowest BCUT2D eigenvalue weighted by Crippen LogP contribution is -2.47. The van der Waals surface area contributed by atoms with E-state index in [2.05, 4.69) is 4.99 Å². The van der Waals surface area contributed by atoms with Crippen molar-refractivity contribution in [3.63, 3.8) is 0 Å². The second kappa shape index (κ2) is 8.44. The Morgan fingerprint density at radius 3 is 2.52 bits per heavy atom. The summed E-state index contributed by atoms with van der Waals surface area (Å²) in [5.74, 6) is 0.811. The van der Waals surface area contributed by atoms with E-state index < -0.39 is 5.54 Å². The third kappa shape index (κ3) is 4.42. The highest BCUT2D eigenvalue weighted by atomic mass is 35.5. The molecule has 0 saturated heterocycles. The van der Waals surface area contributed by atoms with Crippen molar-refractivity contribution in [3.05, 3.63) is 88.9 Å². The van der Waals surface area contributed by atoms with Gasteiger partial charge >= 0.3 is 0 Å². The van der Waals surface area contributed by atoms with Crippen LogP contribution in [0.25, 0.3) is 11.1 Å². The van der Waals surface area contributed by atoms with Gasteiger partial charge in [0, 0.05) is 7.05 Å². The molecule has 1 amide bonds. The monoisotopic (exact) mass is 433 g/mol. The Kier molecular flexibility index (Phi) is 5.70. The van der Waals surface area contributed by atoms with Crippen molar-refractivity contribution in [2.75, 3.05) is 7.05 Å². The summed E-state index contributed by atoms with van der Waals surface area (Å²) in [5.41, 5.74) is 9.20. The van der Waals surface area contributed by atoms with Gasteiger partial charge in [0.1, 0.15) is 12.4 Å². The van der Waals surface area contributed by atoms with Crippen molar-refractivity contribution in [2.24, 2.45) is 10.7 Å². The third-order valence-electron chi connectivity index (χ3n) is 5.56. The van der Waals surface area contributed by atoms with Gasteiger partial charge in [-0.15, -0.1) is 0 Å². The highest BCUT2D eigenvalue weighted by Gasteiger charge is 2.36. The molecule has 4 rings (SSSR count). The number of carbonyl (C=O) groups is 1. The second-order valence-electron chi connectivity index (χ2n) is 7.87. The predicted molar refractivity (Wildman–Crippen MR) is 124 cm³/mol. The maximum atomic E-state index is 12.3. The van der Waals surface area contributed by atoms with E-state index >= 15 is 0 Å². The van der Waals surface area contributed by atoms with Crippen LogP contribution in [0, 0.1) is 0 Å². The zero-order chi connectivity index (χ0) is 22.0. The summed E-state index contributed by atoms with van der Waals surface area (Å²) >= 11 is 6.50. The first-order chi connectivity index (χ1) is 14.9. The number of halogens is 1. The van der Waals surface area contributed by atoms with Crippen LogP contribution < -0.4 is 10.5 Å². The number of amides is 1. The average Bonchev–Trinajstić information content (AvgIpc) is 2.77. The van der Waals surface area contributed by atoms with Gasteiger partial charge in [0.05, 0.1) is 17.0 Å². The fraction of sp³-hybridized carbons (Fsp3) is 0.200. The van der Waals surface area contributed by atoms with Gasteiger partial charge in [-0.3, -0.25) is 9.69 Å². The number of carbonyl (C=O) groups excluding carboxylic acids is 1. The van der Waals surface area contributed by atoms with Crippen molar-refractivity contribution in [2.45, 2.75) is 25.5 Å². The van der Waals surface area contributed by atoms with Crippen molar-refractivity contribution < 1.29 is 9.53 Å². The number of hydrogen-bond acceptors (Lipinski definition) is 4. The first-order valence-corrected chi connectivity index (χ1v) is 10.4. The number of guanidine groups is 1. The third-order valence-corrected chi connectivity index (χ3v) is 5.86. The Bertz CT molecular complexity index is 1150. The van der Waals surface area contributed by atoms with Crippen molar-refractivity contribution >= 4 is 23.5 Å². The van der Waals surface area contributed by atoms with E-state index in [9.17, 15) is 4.79 Å². The summed E-state index contributed by atoms with van der Waals surface area (Å²) in [7, 11) is 1.64. The molecule has 3 aromatic carbocycles. The normalized spacial score (nSPS) is 18.6. The fourth-order valence-electron chi connectivity index (χ4n) is 3.64. The maximum absolute atomic E-state index is 12.3. The van der Waals surface area contributed by atoms with Crippen molar-refractivity contribution in [3.8, 4) is 16.9 Å². The molecule has 1 aliphatic rings. The van der Waals surface area contributed by atoms with Crippen molar-refractivity contribution in [1.82, 2.24) is 4.90 Å². The van der Waals surface area contributed by atoms with Gasteiger partial charge in [-0.2, -0.15) is 0 Å². The zero-order valence-corrected chi connectivity index (χ0v) is 18.3. The Hall–Kier alpha value is -3.31. The van der Waals surface area contributed by atoms with Gasteiger partial charge in [0.2, 0.25) is 5.91 Å². The minimum absolute atomic E-state index is 0.0524. The number of nitrogens with zero attached hydrogens (tertiary/aromatic N) is 2. The molecule has 1 unspecified atom stereocenters. The Balaban J connectivity index is 1.58. The van der Waals surface area contributed by atoms with Crippen LogP contribution in [0.3, 0.4) is 0 Å². The summed E-state index contributed by atoms with van der Waals surface area (Å²) in [6.07, 6.45) is 0.265. The Morgan fingerprint density at radius 2 is 1.81 bits per heavy atom. The molecule has 0 aromatic heterocycles. The zero-order valence-electron chi connectivity index (χ0n) is 17.5. The largest absolute Gasteiger partial charge is 0.487 e. The van der Waals surface area contributed by atoms with Crippen LogP contribution in [0.5, 0.6) is 5.75 Å². The molecule has 158 valence electrons. The van der Waals surface area contributed by atoms with Crippen LogP contribution >= 0.6 is 11.6 Å². The van der Waals surface area contributed by atoms with Gasteiger partial charge in [-0.05, 0) is 47.4 Å². The minimum Gasteiger partial charge on any atom is -0.487 e. The number of benzene rings is 3. The summed E-state index contributed by atoms with van der Waals surface area (Å²) < 4.78 is 5.88. The Labute approximate surface area is 187 Å². The quantitative estimate of drug-likeness (QED) is 0.617. The topological polar surface area (TPSA) is 67.9 Å². The van der Waals surface area contributed by atoms with E-state index in [1.54, 1.807) is 7.05 Å². The molecule has 0 aliphatic carbocycles. The van der Waals surface area contributed by atoms with E-state index in [0.29, 0.717) is 17.4 Å². The maximum Gasteiger partial charge on any atom is 0.231 e. The van der Waals surface area contributed by atoms with E-state index in [4.69, 9.17) is 22.1 Å². The van der Waals surface area contributed by atoms with Crippen molar-refractivity contribution in [1.29, 1.82) is 0 Å². The molecular weight excluding hydrogens is 410 g/mol. The van der Waals surface area contributed by atoms with E-state index in [0.717, 1.165) is 22.3 Å². The molecule has 2 N–H and O–H groups in total. The highest BCUT2D eigenvalue weighted by Crippen LogP contribution is 2.36. The number of ether oxygens (including phenoxy) is 1. The molecule has 0 spiro atoms. The molecule has 0 fully saturated rings. The highest BCUT2D eigenvalue weighted by molar-refractivity contribution is 6.32. The SMILES string of the molecule is CN1C(=O)CC(C)(c2cccc(-c3ccc(OCc4ccccc4)c(Cl)c3)c2)N=C1N. The molecular formula is C25H24ClN3O2. The lowest BCUT2D eigenvalue weighted by Gasteiger charge is -2.33. The number of rotatable bonds is 5. The molecule has 1 aliphatic heterocycles. The van der Waals surface area contributed by atoms with Crippen LogP contribution in [0.4, 0.5) is 0 Å². The van der Waals surface area contributed by atoms with Gasteiger partial charge in [-0.1, -0.05) is 66.2 Å². The molecule has 31 heavy (non-hydrogen) atoms. The van der Waals surface area contributed by atoms with Gasteiger partial charge in [0.25, 0.3) is 0 Å². The van der Waals surface area contributed by atoms with Gasteiger partial charge in [-0.25, -0.2) is 4.99 Å². The average molecular weight is 434 g/mol. The van der Waals surface area contributed by atoms with E-state index in [1.165, 1.54) is 4.90 Å². The van der Waals surface area contributed by atoms with Crippen LogP contribution in [0.2, 0.25) is 5.02 Å². The summed E-state index contributed by atoms with van der Waals surface area (Å²) in [4.78, 5) is 18.3. The number of aliphatic imine (C=N–C) groups is 1. The first-order valence-electron chi connectivity index (χ1n) is 10.0. The molecule has 6 heteroatoms. The number of nitrogens with two attached hydrogens (primary N) is 1. The fourth-order valence-corrected chi connectivity index (χ4v) is 3.88. The molecule has 0 bridgehead atoms. The number of hydrogen-bond donors (Lipinski definition) is 1. The summed E-state index contributed by atoms with van der Waals surface area (Å²) in [5, 5.41) is 0.543. The molecule has 5 nitrogen and oxygen atoms in total. The first kappa shape index (κ1) is 20.9. The van der Waals surface area contributed by atoms with Gasteiger partial charge in [0.15, 0.2) is 5.96 Å². The van der Waals surface area contributed by atoms with E-state index in [-0.39, 0.29) is 18.3 Å². The predicted octanol–water partition coefficient (Wildman–Crippen LogP) is 4.98. The lowest BCUT2D eigenvalue weighted by atomic mass is 9.86. The van der Waals surface area contributed by atoms with Crippen LogP contribution in [0.1, 0.15) is 24.5 Å². The van der Waals surface area contributed by atoms with Crippen LogP contribution in [0.15, 0.2) is 77.8 Å². The molecule has 0 saturated carbocycles. The second-order valence-corrected chi connectivity index (χ2v) is 8.28. The lowest BCUT2D eigenvalue weighted by molar-refractivity contribution is -0.128.